The Balaban J connectivity index is 1.41. The van der Waals surface area contributed by atoms with Crippen molar-refractivity contribution in [2.24, 2.45) is 5.41 Å². The first kappa shape index (κ1) is 16.3. The Morgan fingerprint density at radius 1 is 1.20 bits per heavy atom. The standard InChI is InChI=1S/C19H25N5O/c1-15-17(21-22-24(15)16-5-3-2-4-6-16)13-18(25)23-11-8-19(9-12-23)7-10-20-14-19/h2-6,20H,7-14H2,1H3. The van der Waals surface area contributed by atoms with E-state index in [1.165, 1.54) is 6.42 Å². The predicted octanol–water partition coefficient (Wildman–Crippen LogP) is 1.72. The highest BCUT2D eigenvalue weighted by Crippen LogP contribution is 2.37. The fourth-order valence-corrected chi connectivity index (χ4v) is 4.05. The summed E-state index contributed by atoms with van der Waals surface area (Å²) in [5, 5.41) is 12.0. The van der Waals surface area contributed by atoms with E-state index in [1.54, 1.807) is 4.68 Å². The molecular formula is C19H25N5O. The van der Waals surface area contributed by atoms with Gasteiger partial charge in [0.1, 0.15) is 0 Å². The van der Waals surface area contributed by atoms with Crippen molar-refractivity contribution in [2.75, 3.05) is 26.2 Å². The maximum absolute atomic E-state index is 12.7. The highest BCUT2D eigenvalue weighted by atomic mass is 16.2. The number of nitrogens with one attached hydrogen (secondary N) is 1. The molecule has 2 aliphatic heterocycles. The van der Waals surface area contributed by atoms with Crippen LogP contribution in [0, 0.1) is 12.3 Å². The van der Waals surface area contributed by atoms with Crippen LogP contribution >= 0.6 is 0 Å². The summed E-state index contributed by atoms with van der Waals surface area (Å²) in [6.07, 6.45) is 3.81. The van der Waals surface area contributed by atoms with Gasteiger partial charge in [-0.15, -0.1) is 5.10 Å². The number of rotatable bonds is 3. The van der Waals surface area contributed by atoms with E-state index in [0.29, 0.717) is 11.8 Å². The van der Waals surface area contributed by atoms with Crippen LogP contribution in [-0.4, -0.2) is 52.0 Å². The lowest BCUT2D eigenvalue weighted by Crippen LogP contribution is -2.44. The minimum absolute atomic E-state index is 0.170. The Morgan fingerprint density at radius 3 is 2.64 bits per heavy atom. The molecule has 2 fully saturated rings. The fourth-order valence-electron chi connectivity index (χ4n) is 4.05. The van der Waals surface area contributed by atoms with Crippen molar-refractivity contribution >= 4 is 5.91 Å². The van der Waals surface area contributed by atoms with Crippen molar-refractivity contribution in [1.29, 1.82) is 0 Å². The van der Waals surface area contributed by atoms with Crippen molar-refractivity contribution in [2.45, 2.75) is 32.6 Å². The van der Waals surface area contributed by atoms with Crippen molar-refractivity contribution in [3.8, 4) is 5.69 Å². The summed E-state index contributed by atoms with van der Waals surface area (Å²) in [7, 11) is 0. The molecule has 6 heteroatoms. The van der Waals surface area contributed by atoms with Crippen LogP contribution < -0.4 is 5.32 Å². The molecule has 2 saturated heterocycles. The quantitative estimate of drug-likeness (QED) is 0.925. The molecule has 0 saturated carbocycles. The lowest BCUT2D eigenvalue weighted by atomic mass is 9.78. The molecule has 6 nitrogen and oxygen atoms in total. The molecule has 1 spiro atoms. The third-order valence-electron chi connectivity index (χ3n) is 5.82. The van der Waals surface area contributed by atoms with E-state index in [1.807, 2.05) is 42.2 Å². The Hall–Kier alpha value is -2.21. The summed E-state index contributed by atoms with van der Waals surface area (Å²) in [4.78, 5) is 14.7. The Labute approximate surface area is 148 Å². The average molecular weight is 339 g/mol. The van der Waals surface area contributed by atoms with Crippen molar-refractivity contribution in [1.82, 2.24) is 25.2 Å². The van der Waals surface area contributed by atoms with Gasteiger partial charge >= 0.3 is 0 Å². The largest absolute Gasteiger partial charge is 0.342 e. The lowest BCUT2D eigenvalue weighted by molar-refractivity contribution is -0.132. The third kappa shape index (κ3) is 3.18. The Bertz CT molecular complexity index is 738. The molecular weight excluding hydrogens is 314 g/mol. The van der Waals surface area contributed by atoms with E-state index in [4.69, 9.17) is 0 Å². The van der Waals surface area contributed by atoms with Crippen LogP contribution in [0.3, 0.4) is 0 Å². The lowest BCUT2D eigenvalue weighted by Gasteiger charge is -2.38. The van der Waals surface area contributed by atoms with Crippen LogP contribution in [0.5, 0.6) is 0 Å². The molecule has 0 bridgehead atoms. The highest BCUT2D eigenvalue weighted by molar-refractivity contribution is 5.78. The summed E-state index contributed by atoms with van der Waals surface area (Å²) in [6, 6.07) is 9.91. The SMILES string of the molecule is Cc1c(CC(=O)N2CCC3(CCNC3)CC2)nnn1-c1ccccc1. The van der Waals surface area contributed by atoms with Gasteiger partial charge in [0.2, 0.25) is 5.91 Å². The Kier molecular flexibility index (Phi) is 4.29. The number of hydrogen-bond donors (Lipinski definition) is 1. The van der Waals surface area contributed by atoms with E-state index in [9.17, 15) is 4.79 Å². The van der Waals surface area contributed by atoms with E-state index < -0.39 is 0 Å². The molecule has 0 aliphatic carbocycles. The number of hydrogen-bond acceptors (Lipinski definition) is 4. The van der Waals surface area contributed by atoms with Gasteiger partial charge < -0.3 is 10.2 Å². The molecule has 2 aliphatic rings. The molecule has 0 radical (unpaired) electrons. The molecule has 1 aromatic heterocycles. The number of aromatic nitrogens is 3. The first-order valence-electron chi connectivity index (χ1n) is 9.12. The monoisotopic (exact) mass is 339 g/mol. The van der Waals surface area contributed by atoms with Gasteiger partial charge in [-0.05, 0) is 50.3 Å². The number of amides is 1. The summed E-state index contributed by atoms with van der Waals surface area (Å²) in [6.45, 7) is 5.94. The summed E-state index contributed by atoms with van der Waals surface area (Å²) < 4.78 is 1.80. The van der Waals surface area contributed by atoms with Gasteiger partial charge in [-0.1, -0.05) is 23.4 Å². The second kappa shape index (κ2) is 6.59. The maximum Gasteiger partial charge on any atom is 0.228 e. The normalized spacial score (nSPS) is 19.5. The van der Waals surface area contributed by atoms with Crippen molar-refractivity contribution in [3.63, 3.8) is 0 Å². The van der Waals surface area contributed by atoms with E-state index in [-0.39, 0.29) is 5.91 Å². The second-order valence-electron chi connectivity index (χ2n) is 7.35. The minimum atomic E-state index is 0.170. The van der Waals surface area contributed by atoms with Gasteiger partial charge in [0.25, 0.3) is 0 Å². The number of piperidine rings is 1. The molecule has 132 valence electrons. The van der Waals surface area contributed by atoms with Gasteiger partial charge in [-0.3, -0.25) is 4.79 Å². The van der Waals surface area contributed by atoms with E-state index in [2.05, 4.69) is 15.6 Å². The predicted molar refractivity (Wildman–Crippen MR) is 95.5 cm³/mol. The van der Waals surface area contributed by atoms with Gasteiger partial charge in [-0.2, -0.15) is 0 Å². The van der Waals surface area contributed by atoms with Crippen LogP contribution in [0.25, 0.3) is 5.69 Å². The molecule has 4 rings (SSSR count). The zero-order chi connectivity index (χ0) is 17.3. The molecule has 1 amide bonds. The van der Waals surface area contributed by atoms with Crippen LogP contribution in [0.15, 0.2) is 30.3 Å². The van der Waals surface area contributed by atoms with Gasteiger partial charge in [-0.25, -0.2) is 4.68 Å². The third-order valence-corrected chi connectivity index (χ3v) is 5.82. The molecule has 1 N–H and O–H groups in total. The van der Waals surface area contributed by atoms with Crippen molar-refractivity contribution in [3.05, 3.63) is 41.7 Å². The molecule has 3 heterocycles. The fraction of sp³-hybridized carbons (Fsp3) is 0.526. The second-order valence-corrected chi connectivity index (χ2v) is 7.35. The Morgan fingerprint density at radius 2 is 1.96 bits per heavy atom. The summed E-state index contributed by atoms with van der Waals surface area (Å²) in [5.74, 6) is 0.170. The zero-order valence-corrected chi connectivity index (χ0v) is 14.7. The van der Waals surface area contributed by atoms with Gasteiger partial charge in [0.15, 0.2) is 0 Å². The molecule has 2 aromatic rings. The van der Waals surface area contributed by atoms with Crippen LogP contribution in [0.4, 0.5) is 0 Å². The molecule has 25 heavy (non-hydrogen) atoms. The smallest absolute Gasteiger partial charge is 0.228 e. The molecule has 1 aromatic carbocycles. The highest BCUT2D eigenvalue weighted by Gasteiger charge is 2.38. The van der Waals surface area contributed by atoms with Gasteiger partial charge in [0, 0.05) is 19.6 Å². The van der Waals surface area contributed by atoms with Crippen LogP contribution in [-0.2, 0) is 11.2 Å². The molecule has 0 atom stereocenters. The summed E-state index contributed by atoms with van der Waals surface area (Å²) >= 11 is 0. The topological polar surface area (TPSA) is 63.1 Å². The van der Waals surface area contributed by atoms with Gasteiger partial charge in [0.05, 0.1) is 23.5 Å². The number of nitrogens with zero attached hydrogens (tertiary/aromatic N) is 4. The number of likely N-dealkylation sites (tertiary alicyclic amines) is 1. The van der Waals surface area contributed by atoms with Crippen LogP contribution in [0.2, 0.25) is 0 Å². The average Bonchev–Trinajstić information content (AvgIpc) is 3.24. The maximum atomic E-state index is 12.7. The number of carbonyl (C=O) groups excluding carboxylic acids is 1. The van der Waals surface area contributed by atoms with Crippen LogP contribution in [0.1, 0.15) is 30.7 Å². The van der Waals surface area contributed by atoms with E-state index >= 15 is 0 Å². The molecule has 0 unspecified atom stereocenters. The first-order chi connectivity index (χ1) is 12.2. The summed E-state index contributed by atoms with van der Waals surface area (Å²) in [5.41, 5.74) is 3.12. The van der Waals surface area contributed by atoms with Crippen molar-refractivity contribution < 1.29 is 4.79 Å². The number of benzene rings is 1. The zero-order valence-electron chi connectivity index (χ0n) is 14.7. The first-order valence-corrected chi connectivity index (χ1v) is 9.12. The minimum Gasteiger partial charge on any atom is -0.342 e. The van der Waals surface area contributed by atoms with E-state index in [0.717, 1.165) is 56.1 Å². The number of para-hydroxylation sites is 1. The number of carbonyl (C=O) groups is 1.